The van der Waals surface area contributed by atoms with Crippen LogP contribution in [0.1, 0.15) is 5.56 Å². The van der Waals surface area contributed by atoms with Crippen molar-refractivity contribution in [1.29, 1.82) is 0 Å². The predicted octanol–water partition coefficient (Wildman–Crippen LogP) is 3.75. The van der Waals surface area contributed by atoms with E-state index >= 15 is 0 Å². The number of benzene rings is 2. The van der Waals surface area contributed by atoms with Crippen molar-refractivity contribution in [1.82, 2.24) is 10.2 Å². The fourth-order valence-electron chi connectivity index (χ4n) is 2.16. The van der Waals surface area contributed by atoms with Crippen LogP contribution in [0.5, 0.6) is 0 Å². The summed E-state index contributed by atoms with van der Waals surface area (Å²) >= 11 is 0. The Balaban J connectivity index is 1.76. The van der Waals surface area contributed by atoms with Gasteiger partial charge in [0.05, 0.1) is 10.6 Å². The van der Waals surface area contributed by atoms with E-state index in [0.29, 0.717) is 6.07 Å². The highest BCUT2D eigenvalue weighted by molar-refractivity contribution is 7.92. The molecule has 1 aromatic heterocycles. The number of nitrogens with zero attached hydrogens (tertiary/aromatic N) is 2. The average Bonchev–Trinajstić information content (AvgIpc) is 2.61. The zero-order chi connectivity index (χ0) is 19.6. The van der Waals surface area contributed by atoms with E-state index in [1.54, 1.807) is 0 Å². The molecule has 2 aromatic carbocycles. The second-order valence-electron chi connectivity index (χ2n) is 5.57. The minimum atomic E-state index is -3.98. The zero-order valence-electron chi connectivity index (χ0n) is 13.9. The Kier molecular flexibility index (Phi) is 5.00. The molecule has 27 heavy (non-hydrogen) atoms. The van der Waals surface area contributed by atoms with Gasteiger partial charge in [0.2, 0.25) is 0 Å². The first-order valence-electron chi connectivity index (χ1n) is 7.59. The number of halogens is 3. The summed E-state index contributed by atoms with van der Waals surface area (Å²) in [5.74, 6) is -2.00. The van der Waals surface area contributed by atoms with Crippen LogP contribution < -0.4 is 10.0 Å². The van der Waals surface area contributed by atoms with Gasteiger partial charge < -0.3 is 5.32 Å². The van der Waals surface area contributed by atoms with Crippen LogP contribution in [0.4, 0.5) is 30.5 Å². The van der Waals surface area contributed by atoms with Crippen molar-refractivity contribution in [3.8, 4) is 0 Å². The van der Waals surface area contributed by atoms with Crippen LogP contribution in [-0.4, -0.2) is 18.6 Å². The van der Waals surface area contributed by atoms with E-state index in [2.05, 4.69) is 20.2 Å². The molecule has 0 radical (unpaired) electrons. The maximum atomic E-state index is 13.6. The van der Waals surface area contributed by atoms with Crippen LogP contribution in [0.25, 0.3) is 0 Å². The van der Waals surface area contributed by atoms with Crippen LogP contribution >= 0.6 is 0 Å². The second kappa shape index (κ2) is 7.23. The molecule has 0 atom stereocenters. The third kappa shape index (κ3) is 4.34. The summed E-state index contributed by atoms with van der Waals surface area (Å²) in [5.41, 5.74) is 0.172. The normalized spacial score (nSPS) is 11.3. The minimum absolute atomic E-state index is 0.0131. The molecule has 0 bridgehead atoms. The predicted molar refractivity (Wildman–Crippen MR) is 93.6 cm³/mol. The number of rotatable bonds is 5. The highest BCUT2D eigenvalue weighted by atomic mass is 32.2. The van der Waals surface area contributed by atoms with Gasteiger partial charge in [-0.1, -0.05) is 0 Å². The largest absolute Gasteiger partial charge is 0.336 e. The number of aryl methyl sites for hydroxylation is 1. The second-order valence-corrected chi connectivity index (χ2v) is 7.25. The SMILES string of the molecule is Cc1cc(S(=O)(=O)Nc2ccc(Nc3ccc(F)cc3F)nn2)ccc1F. The quantitative estimate of drug-likeness (QED) is 0.689. The summed E-state index contributed by atoms with van der Waals surface area (Å²) in [4.78, 5) is -0.126. The lowest BCUT2D eigenvalue weighted by Crippen LogP contribution is -2.14. The number of anilines is 3. The number of hydrogen-bond donors (Lipinski definition) is 2. The summed E-state index contributed by atoms with van der Waals surface area (Å²) in [6.45, 7) is 1.45. The van der Waals surface area contributed by atoms with E-state index in [0.717, 1.165) is 18.2 Å². The van der Waals surface area contributed by atoms with Crippen molar-refractivity contribution in [2.45, 2.75) is 11.8 Å². The Morgan fingerprint density at radius 1 is 0.852 bits per heavy atom. The standard InChI is InChI=1S/C17H13F3N4O2S/c1-10-8-12(3-4-13(10)19)27(25,26)24-17-7-6-16(22-23-17)21-15-5-2-11(18)9-14(15)20/h2-9H,1H3,(H,21,22)(H,23,24). The van der Waals surface area contributed by atoms with Crippen molar-refractivity contribution in [2.24, 2.45) is 0 Å². The van der Waals surface area contributed by atoms with Gasteiger partial charge in [0, 0.05) is 6.07 Å². The van der Waals surface area contributed by atoms with E-state index in [9.17, 15) is 21.6 Å². The van der Waals surface area contributed by atoms with Gasteiger partial charge in [-0.15, -0.1) is 10.2 Å². The average molecular weight is 394 g/mol. The van der Waals surface area contributed by atoms with E-state index in [1.165, 1.54) is 31.2 Å². The monoisotopic (exact) mass is 394 g/mol. The van der Waals surface area contributed by atoms with Gasteiger partial charge in [-0.3, -0.25) is 4.72 Å². The molecule has 1 heterocycles. The number of sulfonamides is 1. The number of hydrogen-bond acceptors (Lipinski definition) is 5. The van der Waals surface area contributed by atoms with Crippen molar-refractivity contribution < 1.29 is 21.6 Å². The molecule has 0 amide bonds. The van der Waals surface area contributed by atoms with Crippen molar-refractivity contribution in [3.63, 3.8) is 0 Å². The van der Waals surface area contributed by atoms with Crippen molar-refractivity contribution in [3.05, 3.63) is 71.5 Å². The summed E-state index contributed by atoms with van der Waals surface area (Å²) in [7, 11) is -3.98. The molecule has 0 fully saturated rings. The molecule has 6 nitrogen and oxygen atoms in total. The molecular formula is C17H13F3N4O2S. The molecule has 0 aliphatic heterocycles. The molecule has 0 saturated carbocycles. The Bertz CT molecular complexity index is 1090. The van der Waals surface area contributed by atoms with E-state index < -0.39 is 27.5 Å². The first-order valence-corrected chi connectivity index (χ1v) is 9.08. The number of nitrogens with one attached hydrogen (secondary N) is 2. The lowest BCUT2D eigenvalue weighted by molar-refractivity contribution is 0.586. The Labute approximate surface area is 153 Å². The topological polar surface area (TPSA) is 84.0 Å². The highest BCUT2D eigenvalue weighted by Gasteiger charge is 2.16. The van der Waals surface area contributed by atoms with Gasteiger partial charge in [-0.25, -0.2) is 21.6 Å². The first-order chi connectivity index (χ1) is 12.7. The molecule has 0 aliphatic rings. The fraction of sp³-hybridized carbons (Fsp3) is 0.0588. The van der Waals surface area contributed by atoms with Gasteiger partial charge in [0.15, 0.2) is 11.6 Å². The zero-order valence-corrected chi connectivity index (χ0v) is 14.7. The minimum Gasteiger partial charge on any atom is -0.336 e. The molecule has 10 heteroatoms. The molecule has 3 aromatic rings. The maximum Gasteiger partial charge on any atom is 0.263 e. The van der Waals surface area contributed by atoms with Gasteiger partial charge in [0.1, 0.15) is 17.5 Å². The Hall–Kier alpha value is -3.14. The first kappa shape index (κ1) is 18.6. The van der Waals surface area contributed by atoms with E-state index in [4.69, 9.17) is 0 Å². The van der Waals surface area contributed by atoms with E-state index in [-0.39, 0.29) is 27.8 Å². The molecule has 0 saturated heterocycles. The van der Waals surface area contributed by atoms with Crippen LogP contribution in [0.15, 0.2) is 53.4 Å². The van der Waals surface area contributed by atoms with Crippen LogP contribution in [-0.2, 0) is 10.0 Å². The van der Waals surface area contributed by atoms with Gasteiger partial charge in [-0.2, -0.15) is 0 Å². The molecular weight excluding hydrogens is 381 g/mol. The lowest BCUT2D eigenvalue weighted by Gasteiger charge is -2.09. The smallest absolute Gasteiger partial charge is 0.263 e. The van der Waals surface area contributed by atoms with Crippen molar-refractivity contribution in [2.75, 3.05) is 10.0 Å². The third-order valence-corrected chi connectivity index (χ3v) is 4.89. The highest BCUT2D eigenvalue weighted by Crippen LogP contribution is 2.21. The Morgan fingerprint density at radius 2 is 1.56 bits per heavy atom. The third-order valence-electron chi connectivity index (χ3n) is 3.54. The number of aromatic nitrogens is 2. The summed E-state index contributed by atoms with van der Waals surface area (Å²) in [6.07, 6.45) is 0. The molecule has 0 aliphatic carbocycles. The van der Waals surface area contributed by atoms with Crippen LogP contribution in [0.2, 0.25) is 0 Å². The lowest BCUT2D eigenvalue weighted by atomic mass is 10.2. The van der Waals surface area contributed by atoms with Gasteiger partial charge >= 0.3 is 0 Å². The molecule has 140 valence electrons. The molecule has 0 spiro atoms. The van der Waals surface area contributed by atoms with Gasteiger partial charge in [-0.05, 0) is 55.0 Å². The summed E-state index contributed by atoms with van der Waals surface area (Å²) in [6, 6.07) is 9.03. The Morgan fingerprint density at radius 3 is 2.19 bits per heavy atom. The fourth-order valence-corrected chi connectivity index (χ4v) is 3.24. The maximum absolute atomic E-state index is 13.6. The summed E-state index contributed by atoms with van der Waals surface area (Å²) in [5, 5.41) is 10.0. The van der Waals surface area contributed by atoms with Crippen LogP contribution in [0.3, 0.4) is 0 Å². The molecule has 3 rings (SSSR count). The van der Waals surface area contributed by atoms with Crippen molar-refractivity contribution >= 4 is 27.3 Å². The van der Waals surface area contributed by atoms with Crippen LogP contribution in [0, 0.1) is 24.4 Å². The summed E-state index contributed by atoms with van der Waals surface area (Å²) < 4.78 is 66.7. The van der Waals surface area contributed by atoms with Gasteiger partial charge in [0.25, 0.3) is 10.0 Å². The molecule has 2 N–H and O–H groups in total. The van der Waals surface area contributed by atoms with E-state index in [1.807, 2.05) is 0 Å². The molecule has 0 unspecified atom stereocenters.